The van der Waals surface area contributed by atoms with Crippen molar-refractivity contribution in [1.82, 2.24) is 0 Å². The van der Waals surface area contributed by atoms with E-state index in [1.165, 1.54) is 31.2 Å². The first-order chi connectivity index (χ1) is 13.4. The third kappa shape index (κ3) is 5.95. The minimum absolute atomic E-state index is 0.241. The summed E-state index contributed by atoms with van der Waals surface area (Å²) in [5.74, 6) is -1.52. The molecule has 0 aromatic heterocycles. The van der Waals surface area contributed by atoms with Gasteiger partial charge >= 0.3 is 5.97 Å². The predicted molar refractivity (Wildman–Crippen MR) is 105 cm³/mol. The van der Waals surface area contributed by atoms with E-state index in [0.717, 1.165) is 12.0 Å². The number of carbonyl (C=O) groups is 3. The van der Waals surface area contributed by atoms with E-state index in [1.807, 2.05) is 19.1 Å². The summed E-state index contributed by atoms with van der Waals surface area (Å²) in [7, 11) is 0. The summed E-state index contributed by atoms with van der Waals surface area (Å²) in [4.78, 5) is 35.8. The SMILES string of the molecule is CCc1ccc(NC(=O)[C@@H](C)OC(=O)c2ccc(NC(=O)CC#N)cc2)cc1. The summed E-state index contributed by atoms with van der Waals surface area (Å²) in [6.45, 7) is 3.53. The van der Waals surface area contributed by atoms with Crippen LogP contribution in [0.5, 0.6) is 0 Å². The van der Waals surface area contributed by atoms with Crippen LogP contribution >= 0.6 is 0 Å². The molecule has 0 aliphatic carbocycles. The molecule has 28 heavy (non-hydrogen) atoms. The van der Waals surface area contributed by atoms with Gasteiger partial charge in [0.1, 0.15) is 6.42 Å². The topological polar surface area (TPSA) is 108 Å². The zero-order valence-corrected chi connectivity index (χ0v) is 15.7. The van der Waals surface area contributed by atoms with Crippen LogP contribution < -0.4 is 10.6 Å². The molecule has 2 amide bonds. The van der Waals surface area contributed by atoms with Crippen LogP contribution in [0.4, 0.5) is 11.4 Å². The van der Waals surface area contributed by atoms with Crippen LogP contribution in [-0.4, -0.2) is 23.9 Å². The predicted octanol–water partition coefficient (Wildman–Crippen LogP) is 3.29. The minimum Gasteiger partial charge on any atom is -0.449 e. The molecule has 0 heterocycles. The first-order valence-corrected chi connectivity index (χ1v) is 8.80. The number of carbonyl (C=O) groups excluding carboxylic acids is 3. The van der Waals surface area contributed by atoms with E-state index in [2.05, 4.69) is 10.6 Å². The number of nitrogens with one attached hydrogen (secondary N) is 2. The van der Waals surface area contributed by atoms with Crippen LogP contribution in [0.1, 0.15) is 36.2 Å². The Balaban J connectivity index is 1.90. The van der Waals surface area contributed by atoms with E-state index in [9.17, 15) is 14.4 Å². The molecule has 7 heteroatoms. The molecule has 2 rings (SSSR count). The molecule has 2 aromatic rings. The Kier molecular flexibility index (Phi) is 7.28. The number of nitriles is 1. The van der Waals surface area contributed by atoms with Crippen molar-refractivity contribution in [3.8, 4) is 6.07 Å². The summed E-state index contributed by atoms with van der Waals surface area (Å²) < 4.78 is 5.19. The van der Waals surface area contributed by atoms with Crippen molar-refractivity contribution in [2.24, 2.45) is 0 Å². The van der Waals surface area contributed by atoms with Crippen molar-refractivity contribution in [2.45, 2.75) is 32.8 Å². The second-order valence-electron chi connectivity index (χ2n) is 6.05. The Bertz CT molecular complexity index is 883. The van der Waals surface area contributed by atoms with Gasteiger partial charge in [0.15, 0.2) is 6.10 Å². The van der Waals surface area contributed by atoms with Crippen molar-refractivity contribution in [1.29, 1.82) is 5.26 Å². The fraction of sp³-hybridized carbons (Fsp3) is 0.238. The lowest BCUT2D eigenvalue weighted by atomic mass is 10.1. The van der Waals surface area contributed by atoms with Gasteiger partial charge < -0.3 is 15.4 Å². The van der Waals surface area contributed by atoms with Gasteiger partial charge in [-0.2, -0.15) is 5.26 Å². The number of hydrogen-bond donors (Lipinski definition) is 2. The van der Waals surface area contributed by atoms with Crippen molar-refractivity contribution in [3.05, 3.63) is 59.7 Å². The number of hydrogen-bond acceptors (Lipinski definition) is 5. The maximum Gasteiger partial charge on any atom is 0.338 e. The average molecular weight is 379 g/mol. The molecule has 0 aliphatic rings. The standard InChI is InChI=1S/C21H21N3O4/c1-3-15-4-8-18(9-5-15)24-20(26)14(2)28-21(27)16-6-10-17(11-7-16)23-19(25)12-13-22/h4-11,14H,3,12H2,1-2H3,(H,23,25)(H,24,26)/t14-/m1/s1. The zero-order valence-electron chi connectivity index (χ0n) is 15.7. The first-order valence-electron chi connectivity index (χ1n) is 8.80. The number of amides is 2. The van der Waals surface area contributed by atoms with Crippen LogP contribution in [0, 0.1) is 11.3 Å². The van der Waals surface area contributed by atoms with Crippen LogP contribution in [0.25, 0.3) is 0 Å². The van der Waals surface area contributed by atoms with Gasteiger partial charge in [0.05, 0.1) is 11.6 Å². The van der Waals surface area contributed by atoms with E-state index in [4.69, 9.17) is 10.00 Å². The average Bonchev–Trinajstić information content (AvgIpc) is 2.69. The Hall–Kier alpha value is -3.66. The number of ether oxygens (including phenoxy) is 1. The molecule has 0 fully saturated rings. The van der Waals surface area contributed by atoms with Crippen LogP contribution in [0.3, 0.4) is 0 Å². The van der Waals surface area contributed by atoms with Gasteiger partial charge in [-0.1, -0.05) is 19.1 Å². The molecule has 2 N–H and O–H groups in total. The summed E-state index contributed by atoms with van der Waals surface area (Å²) in [6.07, 6.45) is -0.325. The fourth-order valence-electron chi connectivity index (χ4n) is 2.32. The highest BCUT2D eigenvalue weighted by atomic mass is 16.5. The van der Waals surface area contributed by atoms with Gasteiger partial charge in [0.2, 0.25) is 5.91 Å². The van der Waals surface area contributed by atoms with E-state index in [0.29, 0.717) is 11.4 Å². The van der Waals surface area contributed by atoms with E-state index in [-0.39, 0.29) is 12.0 Å². The Morgan fingerprint density at radius 3 is 2.14 bits per heavy atom. The van der Waals surface area contributed by atoms with Crippen molar-refractivity contribution >= 4 is 29.2 Å². The Labute approximate surface area is 163 Å². The smallest absolute Gasteiger partial charge is 0.338 e. The highest BCUT2D eigenvalue weighted by Gasteiger charge is 2.19. The fourth-order valence-corrected chi connectivity index (χ4v) is 2.32. The zero-order chi connectivity index (χ0) is 20.5. The van der Waals surface area contributed by atoms with Crippen molar-refractivity contribution < 1.29 is 19.1 Å². The van der Waals surface area contributed by atoms with Crippen molar-refractivity contribution in [3.63, 3.8) is 0 Å². The third-order valence-electron chi connectivity index (χ3n) is 3.93. The first kappa shape index (κ1) is 20.6. The molecule has 0 saturated heterocycles. The highest BCUT2D eigenvalue weighted by molar-refractivity contribution is 5.98. The molecule has 7 nitrogen and oxygen atoms in total. The minimum atomic E-state index is -0.978. The van der Waals surface area contributed by atoms with Gasteiger partial charge in [-0.3, -0.25) is 9.59 Å². The van der Waals surface area contributed by atoms with Crippen molar-refractivity contribution in [2.75, 3.05) is 10.6 Å². The third-order valence-corrected chi connectivity index (χ3v) is 3.93. The number of nitrogens with zero attached hydrogens (tertiary/aromatic N) is 1. The van der Waals surface area contributed by atoms with Crippen LogP contribution in [0.2, 0.25) is 0 Å². The monoisotopic (exact) mass is 379 g/mol. The normalized spacial score (nSPS) is 11.0. The largest absolute Gasteiger partial charge is 0.449 e. The molecule has 0 spiro atoms. The molecule has 0 saturated carbocycles. The summed E-state index contributed by atoms with van der Waals surface area (Å²) >= 11 is 0. The molecule has 2 aromatic carbocycles. The highest BCUT2D eigenvalue weighted by Crippen LogP contribution is 2.13. The molecule has 1 atom stereocenters. The van der Waals surface area contributed by atoms with Gasteiger partial charge in [0.25, 0.3) is 5.91 Å². The summed E-state index contributed by atoms with van der Waals surface area (Å²) in [6, 6.07) is 15.2. The Morgan fingerprint density at radius 1 is 1.00 bits per heavy atom. The Morgan fingerprint density at radius 2 is 1.57 bits per heavy atom. The summed E-state index contributed by atoms with van der Waals surface area (Å²) in [5.41, 5.74) is 2.48. The molecule has 0 unspecified atom stereocenters. The molecule has 0 radical (unpaired) electrons. The molecule has 0 aliphatic heterocycles. The van der Waals surface area contributed by atoms with Gasteiger partial charge in [-0.05, 0) is 55.3 Å². The summed E-state index contributed by atoms with van der Waals surface area (Å²) in [5, 5.41) is 13.7. The second-order valence-corrected chi connectivity index (χ2v) is 6.05. The lowest BCUT2D eigenvalue weighted by molar-refractivity contribution is -0.123. The van der Waals surface area contributed by atoms with Crippen LogP contribution in [0.15, 0.2) is 48.5 Å². The van der Waals surface area contributed by atoms with Crippen LogP contribution in [-0.2, 0) is 20.7 Å². The lowest BCUT2D eigenvalue weighted by Gasteiger charge is -2.14. The van der Waals surface area contributed by atoms with Gasteiger partial charge in [-0.15, -0.1) is 0 Å². The van der Waals surface area contributed by atoms with E-state index in [1.54, 1.807) is 18.2 Å². The quantitative estimate of drug-likeness (QED) is 0.718. The lowest BCUT2D eigenvalue weighted by Crippen LogP contribution is -2.30. The number of aryl methyl sites for hydroxylation is 1. The van der Waals surface area contributed by atoms with E-state index >= 15 is 0 Å². The number of benzene rings is 2. The molecule has 144 valence electrons. The maximum absolute atomic E-state index is 12.2. The van der Waals surface area contributed by atoms with Gasteiger partial charge in [-0.25, -0.2) is 4.79 Å². The van der Waals surface area contributed by atoms with Gasteiger partial charge in [0, 0.05) is 11.4 Å². The maximum atomic E-state index is 12.2. The number of esters is 1. The number of anilines is 2. The second kappa shape index (κ2) is 9.88. The number of rotatable bonds is 7. The van der Waals surface area contributed by atoms with E-state index < -0.39 is 23.9 Å². The molecule has 0 bridgehead atoms. The molecular weight excluding hydrogens is 358 g/mol. The molecular formula is C21H21N3O4.